The predicted molar refractivity (Wildman–Crippen MR) is 100 cm³/mol. The van der Waals surface area contributed by atoms with Crippen LogP contribution in [-0.4, -0.2) is 18.5 Å². The van der Waals surface area contributed by atoms with Gasteiger partial charge in [-0.1, -0.05) is 24.3 Å². The van der Waals surface area contributed by atoms with Gasteiger partial charge in [-0.15, -0.1) is 6.58 Å². The third kappa shape index (κ3) is 3.72. The first-order chi connectivity index (χ1) is 12.2. The second kappa shape index (κ2) is 7.67. The summed E-state index contributed by atoms with van der Waals surface area (Å²) in [6.45, 7) is 4.45. The predicted octanol–water partition coefficient (Wildman–Crippen LogP) is 3.89. The van der Waals surface area contributed by atoms with Crippen LogP contribution in [0.4, 0.5) is 11.4 Å². The van der Waals surface area contributed by atoms with Gasteiger partial charge < -0.3 is 10.2 Å². The summed E-state index contributed by atoms with van der Waals surface area (Å²) in [7, 11) is 0. The lowest BCUT2D eigenvalue weighted by Gasteiger charge is -2.19. The Morgan fingerprint density at radius 2 is 2.00 bits per heavy atom. The minimum absolute atomic E-state index is 0.0724. The van der Waals surface area contributed by atoms with Crippen molar-refractivity contribution in [3.63, 3.8) is 0 Å². The molecule has 4 nitrogen and oxygen atoms in total. The molecule has 0 aromatic heterocycles. The van der Waals surface area contributed by atoms with E-state index >= 15 is 0 Å². The topological polar surface area (TPSA) is 56.1 Å². The first-order valence-corrected chi connectivity index (χ1v) is 8.50. The summed E-state index contributed by atoms with van der Waals surface area (Å²) in [6.07, 6.45) is 4.49. The van der Waals surface area contributed by atoms with Crippen LogP contribution in [0.25, 0.3) is 0 Å². The zero-order valence-corrected chi connectivity index (χ0v) is 14.1. The van der Waals surface area contributed by atoms with Crippen LogP contribution >= 0.6 is 0 Å². The maximum Gasteiger partial charge on any atom is 0.249 e. The van der Waals surface area contributed by atoms with Crippen LogP contribution < -0.4 is 10.2 Å². The van der Waals surface area contributed by atoms with Crippen LogP contribution in [0.2, 0.25) is 0 Å². The number of para-hydroxylation sites is 1. The van der Waals surface area contributed by atoms with E-state index in [1.54, 1.807) is 17.0 Å². The summed E-state index contributed by atoms with van der Waals surface area (Å²) in [4.78, 5) is 14.6. The quantitative estimate of drug-likeness (QED) is 0.817. The van der Waals surface area contributed by atoms with E-state index < -0.39 is 0 Å². The Kier molecular flexibility index (Phi) is 5.15. The highest BCUT2D eigenvalue weighted by Gasteiger charge is 2.32. The van der Waals surface area contributed by atoms with Crippen LogP contribution in [0.15, 0.2) is 61.2 Å². The van der Waals surface area contributed by atoms with Gasteiger partial charge in [-0.2, -0.15) is 5.26 Å². The van der Waals surface area contributed by atoms with Crippen molar-refractivity contribution >= 4 is 17.3 Å². The molecule has 1 aliphatic heterocycles. The molecule has 0 saturated carbocycles. The van der Waals surface area contributed by atoms with Crippen molar-refractivity contribution in [2.75, 3.05) is 16.8 Å². The third-order valence-electron chi connectivity index (χ3n) is 4.48. The highest BCUT2D eigenvalue weighted by molar-refractivity contribution is 6.01. The second-order valence-electron chi connectivity index (χ2n) is 6.12. The summed E-state index contributed by atoms with van der Waals surface area (Å²) in [5.41, 5.74) is 3.66. The largest absolute Gasteiger partial charge is 0.373 e. The number of nitrogens with one attached hydrogen (secondary N) is 1. The molecule has 1 aliphatic rings. The molecule has 1 saturated heterocycles. The smallest absolute Gasteiger partial charge is 0.249 e. The molecular weight excluding hydrogens is 310 g/mol. The normalized spacial score (nSPS) is 16.5. The molecule has 0 aliphatic carbocycles. The maximum absolute atomic E-state index is 12.8. The van der Waals surface area contributed by atoms with Gasteiger partial charge in [-0.05, 0) is 55.2 Å². The molecule has 3 rings (SSSR count). The van der Waals surface area contributed by atoms with Gasteiger partial charge in [0.1, 0.15) is 6.04 Å². The van der Waals surface area contributed by atoms with Crippen molar-refractivity contribution in [2.24, 2.45) is 0 Å². The van der Waals surface area contributed by atoms with E-state index in [0.29, 0.717) is 12.1 Å². The molecule has 0 spiro atoms. The van der Waals surface area contributed by atoms with E-state index in [-0.39, 0.29) is 11.9 Å². The van der Waals surface area contributed by atoms with E-state index in [1.165, 1.54) is 5.56 Å². The van der Waals surface area contributed by atoms with Gasteiger partial charge in [0.05, 0.1) is 11.6 Å². The number of allylic oxidation sites excluding steroid dienone is 1. The zero-order chi connectivity index (χ0) is 17.6. The molecular formula is C21H21N3O. The molecule has 126 valence electrons. The molecule has 1 unspecified atom stereocenters. The van der Waals surface area contributed by atoms with Gasteiger partial charge in [0, 0.05) is 17.9 Å². The fourth-order valence-corrected chi connectivity index (χ4v) is 3.11. The van der Waals surface area contributed by atoms with Crippen molar-refractivity contribution in [1.29, 1.82) is 5.26 Å². The fourth-order valence-electron chi connectivity index (χ4n) is 3.11. The number of carbonyl (C=O) groups excluding carboxylic acids is 1. The van der Waals surface area contributed by atoms with Gasteiger partial charge in [0.2, 0.25) is 5.91 Å². The van der Waals surface area contributed by atoms with Gasteiger partial charge in [0.25, 0.3) is 0 Å². The number of amides is 1. The average molecular weight is 331 g/mol. The lowest BCUT2D eigenvalue weighted by Crippen LogP contribution is -2.33. The minimum Gasteiger partial charge on any atom is -0.373 e. The van der Waals surface area contributed by atoms with Crippen LogP contribution in [0.1, 0.15) is 24.0 Å². The molecule has 1 N–H and O–H groups in total. The highest BCUT2D eigenvalue weighted by Crippen LogP contribution is 2.26. The Bertz CT molecular complexity index is 805. The van der Waals surface area contributed by atoms with Gasteiger partial charge in [-0.25, -0.2) is 0 Å². The van der Waals surface area contributed by atoms with Crippen molar-refractivity contribution in [3.8, 4) is 6.07 Å². The van der Waals surface area contributed by atoms with Crippen LogP contribution in [0, 0.1) is 11.3 Å². The summed E-state index contributed by atoms with van der Waals surface area (Å²) in [6, 6.07) is 17.1. The number of anilines is 2. The number of hydrogen-bond donors (Lipinski definition) is 1. The van der Waals surface area contributed by atoms with Gasteiger partial charge in [-0.3, -0.25) is 4.79 Å². The number of benzene rings is 2. The molecule has 0 radical (unpaired) electrons. The van der Waals surface area contributed by atoms with E-state index in [2.05, 4.69) is 24.0 Å². The van der Waals surface area contributed by atoms with Crippen molar-refractivity contribution in [3.05, 3.63) is 72.3 Å². The number of carbonyl (C=O) groups is 1. The number of rotatable bonds is 6. The van der Waals surface area contributed by atoms with Gasteiger partial charge >= 0.3 is 0 Å². The molecule has 1 heterocycles. The summed E-state index contributed by atoms with van der Waals surface area (Å²) >= 11 is 0. The Morgan fingerprint density at radius 1 is 1.24 bits per heavy atom. The molecule has 1 amide bonds. The summed E-state index contributed by atoms with van der Waals surface area (Å²) < 4.78 is 0. The number of hydrogen-bond acceptors (Lipinski definition) is 3. The van der Waals surface area contributed by atoms with Crippen LogP contribution in [-0.2, 0) is 11.2 Å². The Morgan fingerprint density at radius 3 is 2.72 bits per heavy atom. The summed E-state index contributed by atoms with van der Waals surface area (Å²) in [5.74, 6) is 0.0724. The Hall–Kier alpha value is -3.06. The van der Waals surface area contributed by atoms with Crippen LogP contribution in [0.3, 0.4) is 0 Å². The lowest BCUT2D eigenvalue weighted by atomic mass is 10.1. The standard InChI is InChI=1S/C21H21N3O/c1-2-3-6-17-7-4-5-8-19(17)23-20-13-14-24(21(20)25)18-11-9-16(15-22)10-12-18/h2,4-5,7-12,20,23H,1,3,6,13-14H2. The van der Waals surface area contributed by atoms with Gasteiger partial charge in [0.15, 0.2) is 0 Å². The number of aryl methyl sites for hydroxylation is 1. The van der Waals surface area contributed by atoms with Crippen molar-refractivity contribution < 1.29 is 4.79 Å². The third-order valence-corrected chi connectivity index (χ3v) is 4.48. The Balaban J connectivity index is 1.72. The number of nitrogens with zero attached hydrogens (tertiary/aromatic N) is 2. The monoisotopic (exact) mass is 331 g/mol. The fraction of sp³-hybridized carbons (Fsp3) is 0.238. The lowest BCUT2D eigenvalue weighted by molar-refractivity contribution is -0.117. The molecule has 2 aromatic carbocycles. The highest BCUT2D eigenvalue weighted by atomic mass is 16.2. The Labute approximate surface area is 148 Å². The zero-order valence-electron chi connectivity index (χ0n) is 14.1. The first-order valence-electron chi connectivity index (χ1n) is 8.50. The molecule has 2 aromatic rings. The first kappa shape index (κ1) is 16.8. The van der Waals surface area contributed by atoms with Crippen LogP contribution in [0.5, 0.6) is 0 Å². The van der Waals surface area contributed by atoms with E-state index in [4.69, 9.17) is 5.26 Å². The average Bonchev–Trinajstić information content (AvgIpc) is 3.01. The van der Waals surface area contributed by atoms with E-state index in [9.17, 15) is 4.79 Å². The SMILES string of the molecule is C=CCCc1ccccc1NC1CCN(c2ccc(C#N)cc2)C1=O. The van der Waals surface area contributed by atoms with E-state index in [1.807, 2.05) is 36.4 Å². The van der Waals surface area contributed by atoms with E-state index in [0.717, 1.165) is 30.6 Å². The molecule has 1 fully saturated rings. The minimum atomic E-state index is -0.222. The molecule has 1 atom stereocenters. The van der Waals surface area contributed by atoms with Crippen molar-refractivity contribution in [1.82, 2.24) is 0 Å². The molecule has 0 bridgehead atoms. The molecule has 4 heteroatoms. The number of nitriles is 1. The molecule has 25 heavy (non-hydrogen) atoms. The van der Waals surface area contributed by atoms with Crippen molar-refractivity contribution in [2.45, 2.75) is 25.3 Å². The summed E-state index contributed by atoms with van der Waals surface area (Å²) in [5, 5.41) is 12.3. The second-order valence-corrected chi connectivity index (χ2v) is 6.12. The maximum atomic E-state index is 12.8.